The molecule has 0 saturated carbocycles. The fraction of sp³-hybridized carbons (Fsp3) is 0.143. The number of hydrogen-bond acceptors (Lipinski definition) is 4. The lowest BCUT2D eigenvalue weighted by atomic mass is 10.2. The summed E-state index contributed by atoms with van der Waals surface area (Å²) < 4.78 is 17.0. The highest BCUT2D eigenvalue weighted by Gasteiger charge is 2.07. The molecule has 7 heteroatoms. The molecule has 4 heterocycles. The smallest absolute Gasteiger partial charge is 0.237 e. The van der Waals surface area contributed by atoms with Crippen molar-refractivity contribution in [3.63, 3.8) is 0 Å². The van der Waals surface area contributed by atoms with Crippen LogP contribution in [-0.4, -0.2) is 19.1 Å². The van der Waals surface area contributed by atoms with E-state index in [1.807, 2.05) is 61.1 Å². The molecule has 0 aliphatic rings. The normalized spacial score (nSPS) is 9.54. The van der Waals surface area contributed by atoms with Gasteiger partial charge in [-0.3, -0.25) is 0 Å². The predicted octanol–water partition coefficient (Wildman–Crippen LogP) is 4.88. The van der Waals surface area contributed by atoms with E-state index >= 15 is 0 Å². The monoisotopic (exact) mass is 382 g/mol. The van der Waals surface area contributed by atoms with Crippen molar-refractivity contribution in [3.8, 4) is 11.4 Å². The number of nitrogens with zero attached hydrogens (tertiary/aromatic N) is 4. The second kappa shape index (κ2) is 10.0. The average molecular weight is 382 g/mol. The number of aromatic nitrogens is 4. The number of rotatable bonds is 2. The van der Waals surface area contributed by atoms with Crippen LogP contribution in [0, 0.1) is 19.8 Å². The lowest BCUT2D eigenvalue weighted by Crippen LogP contribution is -2.01. The molecule has 4 rings (SSSR count). The van der Waals surface area contributed by atoms with Crippen LogP contribution >= 0.6 is 0 Å². The van der Waals surface area contributed by atoms with Crippen LogP contribution in [0.4, 0.5) is 10.2 Å². The molecular formula is C21H27FN6. The van der Waals surface area contributed by atoms with Gasteiger partial charge < -0.3 is 21.0 Å². The van der Waals surface area contributed by atoms with Gasteiger partial charge in [-0.1, -0.05) is 7.43 Å². The lowest BCUT2D eigenvalue weighted by molar-refractivity contribution is 0.573. The number of pyridine rings is 2. The minimum Gasteiger partial charge on any atom is -0.382 e. The highest BCUT2D eigenvalue weighted by atomic mass is 19.1. The minimum absolute atomic E-state index is 0. The van der Waals surface area contributed by atoms with Crippen molar-refractivity contribution in [2.24, 2.45) is 0 Å². The molecule has 0 saturated heterocycles. The van der Waals surface area contributed by atoms with E-state index in [-0.39, 0.29) is 13.6 Å². The maximum Gasteiger partial charge on any atom is 0.237 e. The zero-order chi connectivity index (χ0) is 18.5. The number of halogens is 1. The molecule has 4 aromatic heterocycles. The van der Waals surface area contributed by atoms with Gasteiger partial charge in [-0.25, -0.2) is 9.97 Å². The molecule has 0 aliphatic heterocycles. The van der Waals surface area contributed by atoms with Gasteiger partial charge in [0.1, 0.15) is 11.5 Å². The molecule has 0 unspecified atom stereocenters. The Morgan fingerprint density at radius 3 is 1.68 bits per heavy atom. The highest BCUT2D eigenvalue weighted by molar-refractivity contribution is 5.56. The first-order chi connectivity index (χ1) is 12.6. The van der Waals surface area contributed by atoms with Crippen LogP contribution in [0.15, 0.2) is 73.6 Å². The SMILES string of the molecule is C.Cc1ccnc(F)c1-n1cccc1.Cc1ccnc(N)c1-n1cccc1.N. The summed E-state index contributed by atoms with van der Waals surface area (Å²) in [7, 11) is 0. The summed E-state index contributed by atoms with van der Waals surface area (Å²) in [5.41, 5.74) is 9.27. The number of hydrogen-bond donors (Lipinski definition) is 2. The van der Waals surface area contributed by atoms with E-state index in [0.29, 0.717) is 11.5 Å². The standard InChI is InChI=1S/C10H9FN2.C10H11N3.CH4.H3N/c2*1-8-4-5-12-10(11)9(8)13-6-2-3-7-13;;/h2-7H,1H3;2-7H,1H3,(H2,11,12);1H4;1H3. The first kappa shape index (κ1) is 22.6. The van der Waals surface area contributed by atoms with E-state index in [1.54, 1.807) is 29.2 Å². The summed E-state index contributed by atoms with van der Waals surface area (Å²) in [4.78, 5) is 7.66. The van der Waals surface area contributed by atoms with Crippen LogP contribution < -0.4 is 11.9 Å². The molecule has 0 amide bonds. The molecule has 4 aromatic rings. The van der Waals surface area contributed by atoms with E-state index in [0.717, 1.165) is 16.8 Å². The minimum atomic E-state index is -0.434. The molecule has 28 heavy (non-hydrogen) atoms. The summed E-state index contributed by atoms with van der Waals surface area (Å²) in [6.07, 6.45) is 10.7. The first-order valence-electron chi connectivity index (χ1n) is 8.17. The van der Waals surface area contributed by atoms with Crippen LogP contribution in [0.1, 0.15) is 18.6 Å². The van der Waals surface area contributed by atoms with Crippen LogP contribution in [-0.2, 0) is 0 Å². The number of nitrogens with two attached hydrogens (primary N) is 1. The van der Waals surface area contributed by atoms with Crippen molar-refractivity contribution >= 4 is 5.82 Å². The number of anilines is 1. The highest BCUT2D eigenvalue weighted by Crippen LogP contribution is 2.18. The third kappa shape index (κ3) is 4.83. The Balaban J connectivity index is 0.000000261. The maximum absolute atomic E-state index is 13.3. The van der Waals surface area contributed by atoms with Gasteiger partial charge in [0.25, 0.3) is 0 Å². The van der Waals surface area contributed by atoms with Crippen molar-refractivity contribution in [1.29, 1.82) is 0 Å². The summed E-state index contributed by atoms with van der Waals surface area (Å²) in [5.74, 6) is 0.132. The molecule has 0 spiro atoms. The molecule has 0 aromatic carbocycles. The van der Waals surface area contributed by atoms with Gasteiger partial charge >= 0.3 is 0 Å². The Morgan fingerprint density at radius 1 is 0.786 bits per heavy atom. The van der Waals surface area contributed by atoms with Gasteiger partial charge in [0.2, 0.25) is 5.95 Å². The average Bonchev–Trinajstić information content (AvgIpc) is 3.29. The first-order valence-corrected chi connectivity index (χ1v) is 8.17. The summed E-state index contributed by atoms with van der Waals surface area (Å²) in [5, 5.41) is 0. The molecule has 6 nitrogen and oxygen atoms in total. The van der Waals surface area contributed by atoms with Crippen LogP contribution in [0.5, 0.6) is 0 Å². The van der Waals surface area contributed by atoms with E-state index in [9.17, 15) is 4.39 Å². The molecule has 0 atom stereocenters. The topological polar surface area (TPSA) is 96.7 Å². The third-order valence-electron chi connectivity index (χ3n) is 3.96. The molecule has 0 bridgehead atoms. The van der Waals surface area contributed by atoms with Crippen molar-refractivity contribution in [2.75, 3.05) is 5.73 Å². The quantitative estimate of drug-likeness (QED) is 0.483. The largest absolute Gasteiger partial charge is 0.382 e. The Kier molecular flexibility index (Phi) is 8.09. The van der Waals surface area contributed by atoms with E-state index in [4.69, 9.17) is 5.73 Å². The van der Waals surface area contributed by atoms with Crippen molar-refractivity contribution < 1.29 is 4.39 Å². The zero-order valence-corrected chi connectivity index (χ0v) is 15.4. The van der Waals surface area contributed by atoms with Crippen molar-refractivity contribution in [3.05, 3.63) is 90.7 Å². The predicted molar refractivity (Wildman–Crippen MR) is 113 cm³/mol. The van der Waals surface area contributed by atoms with Gasteiger partial charge in [-0.05, 0) is 61.4 Å². The number of nitrogen functional groups attached to an aromatic ring is 1. The van der Waals surface area contributed by atoms with Crippen molar-refractivity contribution in [2.45, 2.75) is 21.3 Å². The molecule has 0 aliphatic carbocycles. The Morgan fingerprint density at radius 2 is 1.21 bits per heavy atom. The van der Waals surface area contributed by atoms with Gasteiger partial charge in [-0.2, -0.15) is 4.39 Å². The summed E-state index contributed by atoms with van der Waals surface area (Å²) >= 11 is 0. The fourth-order valence-corrected chi connectivity index (χ4v) is 2.70. The van der Waals surface area contributed by atoms with Crippen molar-refractivity contribution in [1.82, 2.24) is 25.3 Å². The Bertz CT molecular complexity index is 856. The summed E-state index contributed by atoms with van der Waals surface area (Å²) in [6.45, 7) is 3.88. The second-order valence-corrected chi connectivity index (χ2v) is 5.81. The van der Waals surface area contributed by atoms with Gasteiger partial charge in [0.05, 0.1) is 5.69 Å². The van der Waals surface area contributed by atoms with Crippen LogP contribution in [0.2, 0.25) is 0 Å². The molecule has 148 valence electrons. The second-order valence-electron chi connectivity index (χ2n) is 5.81. The maximum atomic E-state index is 13.3. The van der Waals surface area contributed by atoms with Crippen LogP contribution in [0.3, 0.4) is 0 Å². The Labute approximate surface area is 165 Å². The van der Waals surface area contributed by atoms with Crippen LogP contribution in [0.25, 0.3) is 11.4 Å². The third-order valence-corrected chi connectivity index (χ3v) is 3.96. The summed E-state index contributed by atoms with van der Waals surface area (Å²) in [6, 6.07) is 11.4. The number of aryl methyl sites for hydroxylation is 2. The van der Waals surface area contributed by atoms with E-state index in [2.05, 4.69) is 9.97 Å². The fourth-order valence-electron chi connectivity index (χ4n) is 2.70. The Hall–Kier alpha value is -3.45. The molecule has 0 radical (unpaired) electrons. The molecule has 0 fully saturated rings. The van der Waals surface area contributed by atoms with Gasteiger partial charge in [-0.15, -0.1) is 0 Å². The van der Waals surface area contributed by atoms with E-state index < -0.39 is 5.95 Å². The lowest BCUT2D eigenvalue weighted by Gasteiger charge is -2.08. The molecule has 5 N–H and O–H groups in total. The molecular weight excluding hydrogens is 355 g/mol. The van der Waals surface area contributed by atoms with E-state index in [1.165, 1.54) is 6.20 Å². The zero-order valence-electron chi connectivity index (χ0n) is 15.4. The van der Waals surface area contributed by atoms with Gasteiger partial charge in [0.15, 0.2) is 0 Å². The van der Waals surface area contributed by atoms with Gasteiger partial charge in [0, 0.05) is 37.2 Å².